The van der Waals surface area contributed by atoms with Crippen molar-refractivity contribution in [3.05, 3.63) is 35.1 Å². The van der Waals surface area contributed by atoms with Crippen LogP contribution < -0.4 is 4.90 Å². The van der Waals surface area contributed by atoms with Crippen LogP contribution in [0, 0.1) is 0 Å². The van der Waals surface area contributed by atoms with E-state index in [9.17, 15) is 17.2 Å². The van der Waals surface area contributed by atoms with E-state index in [2.05, 4.69) is 9.88 Å². The van der Waals surface area contributed by atoms with Crippen molar-refractivity contribution in [3.63, 3.8) is 0 Å². The van der Waals surface area contributed by atoms with Gasteiger partial charge >= 0.3 is 0 Å². The van der Waals surface area contributed by atoms with E-state index in [1.165, 1.54) is 17.5 Å². The molecule has 1 aromatic heterocycles. The van der Waals surface area contributed by atoms with Gasteiger partial charge in [0.15, 0.2) is 0 Å². The Bertz CT molecular complexity index is 970. The van der Waals surface area contributed by atoms with Crippen molar-refractivity contribution in [2.24, 2.45) is 0 Å². The Labute approximate surface area is 163 Å². The van der Waals surface area contributed by atoms with Crippen molar-refractivity contribution in [2.75, 3.05) is 24.7 Å². The van der Waals surface area contributed by atoms with E-state index in [0.29, 0.717) is 17.5 Å². The zero-order valence-electron chi connectivity index (χ0n) is 15.5. The summed E-state index contributed by atoms with van der Waals surface area (Å²) in [6, 6.07) is 4.92. The molecular weight excluding hydrogens is 396 g/mol. The molecule has 0 radical (unpaired) electrons. The van der Waals surface area contributed by atoms with E-state index in [1.807, 2.05) is 6.92 Å². The SMILES string of the molecule is CC(c1ccc(N2C[C@H](N(C)S(C)(=O)=O)[C@H]2C)c2cnc(Cl)cc12)C(F)F. The first kappa shape index (κ1) is 20.2. The minimum Gasteiger partial charge on any atom is -0.365 e. The van der Waals surface area contributed by atoms with E-state index >= 15 is 0 Å². The lowest BCUT2D eigenvalue weighted by molar-refractivity contribution is 0.121. The van der Waals surface area contributed by atoms with Crippen LogP contribution in [0.3, 0.4) is 0 Å². The molecule has 3 atom stereocenters. The standard InChI is InChI=1S/C18H22ClF2N3O2S/c1-10(18(20)21)12-5-6-15(14-8-22-17(19)7-13(12)14)24-9-16(11(24)2)23(3)27(4,25)26/h5-8,10-11,16,18H,9H2,1-4H3/t10?,11-,16+/m1/s1. The predicted molar refractivity (Wildman–Crippen MR) is 104 cm³/mol. The van der Waals surface area contributed by atoms with Crippen LogP contribution >= 0.6 is 11.6 Å². The van der Waals surface area contributed by atoms with Gasteiger partial charge in [-0.3, -0.25) is 0 Å². The molecule has 2 aromatic rings. The van der Waals surface area contributed by atoms with Crippen molar-refractivity contribution < 1.29 is 17.2 Å². The molecule has 1 aliphatic rings. The molecular formula is C18H22ClF2N3O2S. The second-order valence-electron chi connectivity index (χ2n) is 7.09. The molecule has 0 aliphatic carbocycles. The predicted octanol–water partition coefficient (Wildman–Crippen LogP) is 3.73. The van der Waals surface area contributed by atoms with Crippen LogP contribution in [0.25, 0.3) is 10.8 Å². The third-order valence-corrected chi connectivity index (χ3v) is 7.00. The molecule has 2 heterocycles. The van der Waals surface area contributed by atoms with Crippen molar-refractivity contribution in [3.8, 4) is 0 Å². The van der Waals surface area contributed by atoms with Gasteiger partial charge in [0.2, 0.25) is 16.4 Å². The van der Waals surface area contributed by atoms with Crippen LogP contribution in [-0.2, 0) is 10.0 Å². The number of likely N-dealkylation sites (N-methyl/N-ethyl adjacent to an activating group) is 1. The lowest BCUT2D eigenvalue weighted by Crippen LogP contribution is -2.65. The summed E-state index contributed by atoms with van der Waals surface area (Å²) in [6.07, 6.45) is 0.292. The average molecular weight is 418 g/mol. The van der Waals surface area contributed by atoms with Gasteiger partial charge in [0, 0.05) is 42.8 Å². The first-order valence-corrected chi connectivity index (χ1v) is 10.8. The Kier molecular flexibility index (Phi) is 5.35. The monoisotopic (exact) mass is 417 g/mol. The number of benzene rings is 1. The van der Waals surface area contributed by atoms with E-state index in [-0.39, 0.29) is 17.2 Å². The third-order valence-electron chi connectivity index (χ3n) is 5.48. The average Bonchev–Trinajstić information content (AvgIpc) is 2.58. The number of hydrogen-bond donors (Lipinski definition) is 0. The Balaban J connectivity index is 2.01. The molecule has 1 aromatic carbocycles. The quantitative estimate of drug-likeness (QED) is 0.696. The van der Waals surface area contributed by atoms with Crippen molar-refractivity contribution in [1.29, 1.82) is 0 Å². The van der Waals surface area contributed by atoms with E-state index in [0.717, 1.165) is 11.1 Å². The van der Waals surface area contributed by atoms with Gasteiger partial charge < -0.3 is 4.90 Å². The maximum Gasteiger partial charge on any atom is 0.245 e. The first-order chi connectivity index (χ1) is 12.5. The number of pyridine rings is 1. The fourth-order valence-electron chi connectivity index (χ4n) is 3.58. The van der Waals surface area contributed by atoms with Gasteiger partial charge in [-0.2, -0.15) is 4.31 Å². The van der Waals surface area contributed by atoms with Crippen LogP contribution in [0.5, 0.6) is 0 Å². The number of rotatable bonds is 5. The number of halogens is 3. The second kappa shape index (κ2) is 7.14. The van der Waals surface area contributed by atoms with E-state index in [1.54, 1.807) is 31.4 Å². The van der Waals surface area contributed by atoms with Crippen LogP contribution in [0.15, 0.2) is 24.4 Å². The summed E-state index contributed by atoms with van der Waals surface area (Å²) in [7, 11) is -1.71. The van der Waals surface area contributed by atoms with E-state index in [4.69, 9.17) is 11.6 Å². The number of alkyl halides is 2. The Hall–Kier alpha value is -1.51. The van der Waals surface area contributed by atoms with Crippen LogP contribution in [0.2, 0.25) is 5.15 Å². The largest absolute Gasteiger partial charge is 0.365 e. The highest BCUT2D eigenvalue weighted by Gasteiger charge is 2.41. The molecule has 0 amide bonds. The summed E-state index contributed by atoms with van der Waals surface area (Å²) in [5.41, 5.74) is 1.36. The summed E-state index contributed by atoms with van der Waals surface area (Å²) in [5, 5.41) is 1.62. The Morgan fingerprint density at radius 1 is 1.33 bits per heavy atom. The van der Waals surface area contributed by atoms with Gasteiger partial charge in [0.25, 0.3) is 0 Å². The van der Waals surface area contributed by atoms with Crippen molar-refractivity contribution in [2.45, 2.75) is 38.3 Å². The summed E-state index contributed by atoms with van der Waals surface area (Å²) >= 11 is 6.01. The van der Waals surface area contributed by atoms with Gasteiger partial charge in [-0.1, -0.05) is 24.6 Å². The molecule has 148 valence electrons. The molecule has 9 heteroatoms. The highest BCUT2D eigenvalue weighted by atomic mass is 35.5. The number of fused-ring (bicyclic) bond motifs is 1. The zero-order valence-corrected chi connectivity index (χ0v) is 17.1. The molecule has 5 nitrogen and oxygen atoms in total. The maximum atomic E-state index is 13.3. The highest BCUT2D eigenvalue weighted by Crippen LogP contribution is 2.39. The van der Waals surface area contributed by atoms with Crippen LogP contribution in [0.4, 0.5) is 14.5 Å². The topological polar surface area (TPSA) is 53.5 Å². The number of aromatic nitrogens is 1. The fraction of sp³-hybridized carbons (Fsp3) is 0.500. The summed E-state index contributed by atoms with van der Waals surface area (Å²) in [5.74, 6) is -0.932. The lowest BCUT2D eigenvalue weighted by atomic mass is 9.91. The molecule has 0 saturated carbocycles. The molecule has 3 rings (SSSR count). The minimum atomic E-state index is -3.28. The maximum absolute atomic E-state index is 13.3. The van der Waals surface area contributed by atoms with Crippen LogP contribution in [-0.4, -0.2) is 56.1 Å². The number of hydrogen-bond acceptors (Lipinski definition) is 4. The van der Waals surface area contributed by atoms with Crippen LogP contribution in [0.1, 0.15) is 25.3 Å². The Morgan fingerprint density at radius 2 is 2.00 bits per heavy atom. The highest BCUT2D eigenvalue weighted by molar-refractivity contribution is 7.88. The zero-order chi connectivity index (χ0) is 20.1. The fourth-order valence-corrected chi connectivity index (χ4v) is 4.47. The van der Waals surface area contributed by atoms with Gasteiger partial charge in [-0.25, -0.2) is 22.2 Å². The van der Waals surface area contributed by atoms with Gasteiger partial charge in [-0.15, -0.1) is 0 Å². The minimum absolute atomic E-state index is 0.0537. The molecule has 27 heavy (non-hydrogen) atoms. The number of sulfonamides is 1. The molecule has 0 N–H and O–H groups in total. The van der Waals surface area contributed by atoms with Crippen molar-refractivity contribution in [1.82, 2.24) is 9.29 Å². The third kappa shape index (κ3) is 3.62. The molecule has 0 spiro atoms. The second-order valence-corrected chi connectivity index (χ2v) is 9.52. The lowest BCUT2D eigenvalue weighted by Gasteiger charge is -2.51. The molecule has 1 unspecified atom stereocenters. The number of anilines is 1. The van der Waals surface area contributed by atoms with Gasteiger partial charge in [0.1, 0.15) is 5.15 Å². The molecule has 1 saturated heterocycles. The normalized spacial score (nSPS) is 21.7. The van der Waals surface area contributed by atoms with E-state index < -0.39 is 22.4 Å². The van der Waals surface area contributed by atoms with Crippen molar-refractivity contribution >= 4 is 38.1 Å². The summed E-state index contributed by atoms with van der Waals surface area (Å²) in [4.78, 5) is 6.17. The first-order valence-electron chi connectivity index (χ1n) is 8.58. The van der Waals surface area contributed by atoms with Gasteiger partial charge in [-0.05, 0) is 30.0 Å². The molecule has 1 fully saturated rings. The Morgan fingerprint density at radius 3 is 2.56 bits per heavy atom. The summed E-state index contributed by atoms with van der Waals surface area (Å²) < 4.78 is 51.5. The summed E-state index contributed by atoms with van der Waals surface area (Å²) in [6.45, 7) is 3.95. The van der Waals surface area contributed by atoms with Gasteiger partial charge in [0.05, 0.1) is 12.3 Å². The molecule has 0 bridgehead atoms. The molecule has 1 aliphatic heterocycles. The number of nitrogens with zero attached hydrogens (tertiary/aromatic N) is 3. The smallest absolute Gasteiger partial charge is 0.245 e.